The van der Waals surface area contributed by atoms with Gasteiger partial charge in [0.1, 0.15) is 11.5 Å². The minimum absolute atomic E-state index is 0.0681. The van der Waals surface area contributed by atoms with E-state index in [0.717, 1.165) is 0 Å². The summed E-state index contributed by atoms with van der Waals surface area (Å²) in [5, 5.41) is 6.69. The Kier molecular flexibility index (Phi) is 6.18. The van der Waals surface area contributed by atoms with Crippen LogP contribution in [-0.2, 0) is 6.54 Å². The van der Waals surface area contributed by atoms with E-state index in [0.29, 0.717) is 39.9 Å². The van der Waals surface area contributed by atoms with E-state index in [9.17, 15) is 4.79 Å². The van der Waals surface area contributed by atoms with Crippen LogP contribution < -0.4 is 24.3 Å². The quantitative estimate of drug-likeness (QED) is 0.616. The molecule has 0 aliphatic carbocycles. The van der Waals surface area contributed by atoms with Gasteiger partial charge < -0.3 is 28.8 Å². The highest BCUT2D eigenvalue weighted by Crippen LogP contribution is 2.31. The van der Waals surface area contributed by atoms with Crippen LogP contribution in [0, 0.1) is 0 Å². The number of amides is 1. The Morgan fingerprint density at radius 3 is 2.38 bits per heavy atom. The van der Waals surface area contributed by atoms with Crippen LogP contribution in [0.2, 0.25) is 0 Å². The average molecular weight is 399 g/mol. The molecule has 2 aromatic carbocycles. The zero-order valence-corrected chi connectivity index (χ0v) is 16.5. The SMILES string of the molecule is COc1ccc(-c2noc(CNC(=O)c3ccc(OC)c(OC)c3)n2)c(OC)c1. The first kappa shape index (κ1) is 20.0. The predicted molar refractivity (Wildman–Crippen MR) is 104 cm³/mol. The smallest absolute Gasteiger partial charge is 0.251 e. The van der Waals surface area contributed by atoms with Gasteiger partial charge in [-0.25, -0.2) is 0 Å². The summed E-state index contributed by atoms with van der Waals surface area (Å²) in [7, 11) is 6.15. The minimum Gasteiger partial charge on any atom is -0.497 e. The molecular formula is C20H21N3O6. The van der Waals surface area contributed by atoms with E-state index in [1.54, 1.807) is 50.6 Å². The Hall–Kier alpha value is -3.75. The van der Waals surface area contributed by atoms with Gasteiger partial charge in [-0.1, -0.05) is 5.16 Å². The highest BCUT2D eigenvalue weighted by Gasteiger charge is 2.16. The van der Waals surface area contributed by atoms with E-state index in [2.05, 4.69) is 15.5 Å². The van der Waals surface area contributed by atoms with Crippen LogP contribution in [0.15, 0.2) is 40.9 Å². The molecule has 0 aliphatic heterocycles. The van der Waals surface area contributed by atoms with Crippen LogP contribution >= 0.6 is 0 Å². The van der Waals surface area contributed by atoms with Gasteiger partial charge in [0.2, 0.25) is 11.7 Å². The Morgan fingerprint density at radius 1 is 0.931 bits per heavy atom. The van der Waals surface area contributed by atoms with Gasteiger partial charge in [0.25, 0.3) is 5.91 Å². The lowest BCUT2D eigenvalue weighted by Gasteiger charge is -2.09. The number of hydrogen-bond donors (Lipinski definition) is 1. The van der Waals surface area contributed by atoms with E-state index in [1.807, 2.05) is 0 Å². The average Bonchev–Trinajstić information content (AvgIpc) is 3.25. The maximum absolute atomic E-state index is 12.4. The molecule has 0 saturated heterocycles. The highest BCUT2D eigenvalue weighted by atomic mass is 16.5. The predicted octanol–water partition coefficient (Wildman–Crippen LogP) is 2.70. The van der Waals surface area contributed by atoms with Gasteiger partial charge in [0.15, 0.2) is 11.5 Å². The van der Waals surface area contributed by atoms with Crippen molar-refractivity contribution in [3.63, 3.8) is 0 Å². The lowest BCUT2D eigenvalue weighted by Crippen LogP contribution is -2.23. The number of ether oxygens (including phenoxy) is 4. The van der Waals surface area contributed by atoms with Crippen molar-refractivity contribution in [2.45, 2.75) is 6.54 Å². The van der Waals surface area contributed by atoms with E-state index in [1.165, 1.54) is 14.2 Å². The Morgan fingerprint density at radius 2 is 1.69 bits per heavy atom. The van der Waals surface area contributed by atoms with Crippen molar-refractivity contribution in [2.24, 2.45) is 0 Å². The lowest BCUT2D eigenvalue weighted by molar-refractivity contribution is 0.0946. The van der Waals surface area contributed by atoms with E-state index >= 15 is 0 Å². The normalized spacial score (nSPS) is 10.3. The summed E-state index contributed by atoms with van der Waals surface area (Å²) in [5.41, 5.74) is 1.06. The molecule has 29 heavy (non-hydrogen) atoms. The van der Waals surface area contributed by atoms with Crippen molar-refractivity contribution in [3.05, 3.63) is 47.9 Å². The number of rotatable bonds is 8. The molecule has 0 atom stereocenters. The van der Waals surface area contributed by atoms with Gasteiger partial charge in [-0.05, 0) is 30.3 Å². The first-order chi connectivity index (χ1) is 14.1. The molecule has 0 bridgehead atoms. The summed E-state index contributed by atoms with van der Waals surface area (Å²) in [6.07, 6.45) is 0. The van der Waals surface area contributed by atoms with Gasteiger partial charge in [-0.15, -0.1) is 0 Å². The van der Waals surface area contributed by atoms with Gasteiger partial charge >= 0.3 is 0 Å². The van der Waals surface area contributed by atoms with Crippen LogP contribution in [0.4, 0.5) is 0 Å². The molecular weight excluding hydrogens is 378 g/mol. The van der Waals surface area contributed by atoms with Crippen LogP contribution in [0.5, 0.6) is 23.0 Å². The summed E-state index contributed by atoms with van der Waals surface area (Å²) in [6, 6.07) is 10.2. The first-order valence-corrected chi connectivity index (χ1v) is 8.64. The molecule has 0 fully saturated rings. The highest BCUT2D eigenvalue weighted by molar-refractivity contribution is 5.94. The van der Waals surface area contributed by atoms with Crippen LogP contribution in [0.3, 0.4) is 0 Å². The van der Waals surface area contributed by atoms with Crippen LogP contribution in [0.25, 0.3) is 11.4 Å². The first-order valence-electron chi connectivity index (χ1n) is 8.64. The van der Waals surface area contributed by atoms with Crippen molar-refractivity contribution in [3.8, 4) is 34.4 Å². The number of carbonyl (C=O) groups is 1. The summed E-state index contributed by atoms with van der Waals surface area (Å²) < 4.78 is 26.2. The molecule has 1 heterocycles. The molecule has 3 rings (SSSR count). The van der Waals surface area contributed by atoms with Crippen LogP contribution in [-0.4, -0.2) is 44.5 Å². The summed E-state index contributed by atoms with van der Waals surface area (Å²) in [5.74, 6) is 2.49. The van der Waals surface area contributed by atoms with Crippen molar-refractivity contribution in [1.82, 2.24) is 15.5 Å². The topological polar surface area (TPSA) is 105 Å². The third kappa shape index (κ3) is 4.40. The number of aromatic nitrogens is 2. The van der Waals surface area contributed by atoms with Crippen LogP contribution in [0.1, 0.15) is 16.2 Å². The second-order valence-electron chi connectivity index (χ2n) is 5.83. The Bertz CT molecular complexity index is 1000. The monoisotopic (exact) mass is 399 g/mol. The standard InChI is InChI=1S/C20H21N3O6/c1-25-13-6-7-14(16(10-13)27-3)19-22-18(29-23-19)11-21-20(24)12-5-8-15(26-2)17(9-12)28-4/h5-10H,11H2,1-4H3,(H,21,24). The maximum Gasteiger partial charge on any atom is 0.251 e. The van der Waals surface area contributed by atoms with Crippen molar-refractivity contribution < 1.29 is 28.3 Å². The maximum atomic E-state index is 12.4. The third-order valence-corrected chi connectivity index (χ3v) is 4.16. The Labute approximate surface area is 167 Å². The third-order valence-electron chi connectivity index (χ3n) is 4.16. The zero-order valence-electron chi connectivity index (χ0n) is 16.5. The molecule has 1 N–H and O–H groups in total. The Balaban J connectivity index is 1.70. The van der Waals surface area contributed by atoms with E-state index in [-0.39, 0.29) is 18.3 Å². The summed E-state index contributed by atoms with van der Waals surface area (Å²) in [6.45, 7) is 0.0681. The largest absolute Gasteiger partial charge is 0.497 e. The number of hydrogen-bond acceptors (Lipinski definition) is 8. The molecule has 9 nitrogen and oxygen atoms in total. The second-order valence-corrected chi connectivity index (χ2v) is 5.83. The summed E-state index contributed by atoms with van der Waals surface area (Å²) in [4.78, 5) is 16.7. The molecule has 1 amide bonds. The zero-order chi connectivity index (χ0) is 20.8. The van der Waals surface area contributed by atoms with Gasteiger partial charge in [-0.2, -0.15) is 4.98 Å². The number of nitrogens with zero attached hydrogens (tertiary/aromatic N) is 2. The lowest BCUT2D eigenvalue weighted by atomic mass is 10.2. The number of carbonyl (C=O) groups excluding carboxylic acids is 1. The molecule has 0 aliphatic rings. The number of methoxy groups -OCH3 is 4. The van der Waals surface area contributed by atoms with Gasteiger partial charge in [-0.3, -0.25) is 4.79 Å². The minimum atomic E-state index is -0.312. The molecule has 0 spiro atoms. The van der Waals surface area contributed by atoms with Crippen molar-refractivity contribution >= 4 is 5.91 Å². The van der Waals surface area contributed by atoms with Gasteiger partial charge in [0, 0.05) is 11.6 Å². The molecule has 1 aromatic heterocycles. The molecule has 9 heteroatoms. The van der Waals surface area contributed by atoms with E-state index < -0.39 is 0 Å². The van der Waals surface area contributed by atoms with Crippen molar-refractivity contribution in [2.75, 3.05) is 28.4 Å². The van der Waals surface area contributed by atoms with Gasteiger partial charge in [0.05, 0.1) is 40.5 Å². The van der Waals surface area contributed by atoms with E-state index in [4.69, 9.17) is 23.5 Å². The molecule has 0 unspecified atom stereocenters. The summed E-state index contributed by atoms with van der Waals surface area (Å²) >= 11 is 0. The van der Waals surface area contributed by atoms with Crippen molar-refractivity contribution in [1.29, 1.82) is 0 Å². The second kappa shape index (κ2) is 8.96. The number of nitrogens with one attached hydrogen (secondary N) is 1. The molecule has 152 valence electrons. The fraction of sp³-hybridized carbons (Fsp3) is 0.250. The molecule has 3 aromatic rings. The number of benzene rings is 2. The fourth-order valence-corrected chi connectivity index (χ4v) is 2.65. The molecule has 0 radical (unpaired) electrons. The molecule has 0 saturated carbocycles. The fourth-order valence-electron chi connectivity index (χ4n) is 2.65.